The van der Waals surface area contributed by atoms with Crippen LogP contribution in [0.15, 0.2) is 48.8 Å². The average Bonchev–Trinajstić information content (AvgIpc) is 2.35. The molecule has 0 bridgehead atoms. The summed E-state index contributed by atoms with van der Waals surface area (Å²) in [6.07, 6.45) is 3.57. The molecule has 0 unspecified atom stereocenters. The van der Waals surface area contributed by atoms with Crippen LogP contribution in [0.3, 0.4) is 0 Å². The third-order valence-electron chi connectivity index (χ3n) is 2.00. The highest BCUT2D eigenvalue weighted by atomic mass is 127. The maximum atomic E-state index is 12.3. The van der Waals surface area contributed by atoms with E-state index in [0.29, 0.717) is 3.57 Å². The Morgan fingerprint density at radius 3 is 2.00 bits per heavy atom. The molecule has 17 heavy (non-hydrogen) atoms. The topological polar surface area (TPSA) is 16.1 Å². The van der Waals surface area contributed by atoms with Crippen molar-refractivity contribution in [2.75, 3.05) is 19.0 Å². The molecule has 0 radical (unpaired) electrons. The van der Waals surface area contributed by atoms with E-state index in [1.54, 1.807) is 24.5 Å². The van der Waals surface area contributed by atoms with Gasteiger partial charge in [-0.25, -0.2) is 4.39 Å². The number of halogens is 2. The zero-order valence-electron chi connectivity index (χ0n) is 9.77. The van der Waals surface area contributed by atoms with Crippen molar-refractivity contribution in [1.29, 1.82) is 0 Å². The van der Waals surface area contributed by atoms with Gasteiger partial charge >= 0.3 is 0 Å². The molecule has 2 rings (SSSR count). The van der Waals surface area contributed by atoms with Crippen LogP contribution in [0.25, 0.3) is 0 Å². The fourth-order valence-corrected chi connectivity index (χ4v) is 1.47. The number of aromatic nitrogens is 1. The van der Waals surface area contributed by atoms with Crippen LogP contribution in [0, 0.1) is 9.39 Å². The highest BCUT2D eigenvalue weighted by Crippen LogP contribution is 2.07. The lowest BCUT2D eigenvalue weighted by atomic mass is 10.4. The zero-order valence-corrected chi connectivity index (χ0v) is 11.9. The van der Waals surface area contributed by atoms with Gasteiger partial charge < -0.3 is 4.90 Å². The van der Waals surface area contributed by atoms with E-state index in [1.807, 2.05) is 59.8 Å². The smallest absolute Gasteiger partial charge is 0.136 e. The van der Waals surface area contributed by atoms with E-state index in [4.69, 9.17) is 0 Å². The molecule has 0 spiro atoms. The Kier molecular flexibility index (Phi) is 5.90. The van der Waals surface area contributed by atoms with Crippen LogP contribution < -0.4 is 4.90 Å². The normalized spacial score (nSPS) is 9.18. The minimum absolute atomic E-state index is 0.145. The summed E-state index contributed by atoms with van der Waals surface area (Å²) in [5, 5.41) is 0. The van der Waals surface area contributed by atoms with E-state index in [9.17, 15) is 4.39 Å². The number of benzene rings is 1. The summed E-state index contributed by atoms with van der Waals surface area (Å²) in [7, 11) is 4.02. The van der Waals surface area contributed by atoms with Crippen molar-refractivity contribution in [2.45, 2.75) is 0 Å². The van der Waals surface area contributed by atoms with Crippen LogP contribution in [-0.4, -0.2) is 19.1 Å². The second-order valence-electron chi connectivity index (χ2n) is 3.51. The maximum Gasteiger partial charge on any atom is 0.136 e. The van der Waals surface area contributed by atoms with Crippen molar-refractivity contribution in [2.24, 2.45) is 0 Å². The zero-order chi connectivity index (χ0) is 12.7. The summed E-state index contributed by atoms with van der Waals surface area (Å²) in [5.74, 6) is -0.145. The predicted octanol–water partition coefficient (Wildman–Crippen LogP) is 3.58. The molecule has 1 heterocycles. The molecule has 0 aliphatic rings. The Labute approximate surface area is 115 Å². The molecule has 90 valence electrons. The number of nitrogens with zero attached hydrogens (tertiary/aromatic N) is 2. The summed E-state index contributed by atoms with van der Waals surface area (Å²) in [4.78, 5) is 5.94. The van der Waals surface area contributed by atoms with Gasteiger partial charge in [-0.2, -0.15) is 0 Å². The minimum atomic E-state index is -0.145. The van der Waals surface area contributed by atoms with Crippen LogP contribution in [0.2, 0.25) is 0 Å². The fourth-order valence-electron chi connectivity index (χ4n) is 1.08. The fraction of sp³-hybridized carbons (Fsp3) is 0.154. The summed E-state index contributed by atoms with van der Waals surface area (Å²) >= 11 is 1.95. The van der Waals surface area contributed by atoms with E-state index in [1.165, 1.54) is 11.8 Å². The van der Waals surface area contributed by atoms with Crippen LogP contribution >= 0.6 is 22.6 Å². The van der Waals surface area contributed by atoms with Crippen molar-refractivity contribution in [1.82, 2.24) is 4.98 Å². The molecule has 0 aliphatic heterocycles. The summed E-state index contributed by atoms with van der Waals surface area (Å²) < 4.78 is 13.0. The first-order chi connectivity index (χ1) is 8.11. The van der Waals surface area contributed by atoms with Gasteiger partial charge in [-0.05, 0) is 46.9 Å². The van der Waals surface area contributed by atoms with Crippen molar-refractivity contribution >= 4 is 28.3 Å². The lowest BCUT2D eigenvalue weighted by molar-refractivity contribution is 0.620. The molecule has 1 aromatic carbocycles. The molecule has 2 nitrogen and oxygen atoms in total. The van der Waals surface area contributed by atoms with E-state index in [-0.39, 0.29) is 5.82 Å². The first-order valence-electron chi connectivity index (χ1n) is 5.08. The van der Waals surface area contributed by atoms with Gasteiger partial charge in [0.25, 0.3) is 0 Å². The Hall–Kier alpha value is -1.17. The molecule has 0 atom stereocenters. The van der Waals surface area contributed by atoms with Gasteiger partial charge in [0.15, 0.2) is 0 Å². The molecule has 4 heteroatoms. The molecule has 2 aromatic rings. The Morgan fingerprint density at radius 2 is 1.65 bits per heavy atom. The summed E-state index contributed by atoms with van der Waals surface area (Å²) in [6, 6.07) is 10.6. The van der Waals surface area contributed by atoms with Crippen molar-refractivity contribution in [3.8, 4) is 0 Å². The molecule has 0 saturated heterocycles. The molecule has 0 saturated carbocycles. The number of rotatable bonds is 1. The van der Waals surface area contributed by atoms with Crippen LogP contribution in [-0.2, 0) is 0 Å². The van der Waals surface area contributed by atoms with E-state index in [2.05, 4.69) is 4.98 Å². The minimum Gasteiger partial charge on any atom is -0.378 e. The average molecular weight is 344 g/mol. The lowest BCUT2D eigenvalue weighted by Gasteiger charge is -2.10. The maximum absolute atomic E-state index is 12.3. The number of anilines is 1. The molecular formula is C13H14FIN2. The molecule has 0 amide bonds. The Morgan fingerprint density at radius 1 is 1.06 bits per heavy atom. The van der Waals surface area contributed by atoms with E-state index in [0.717, 1.165) is 0 Å². The third-order valence-corrected chi connectivity index (χ3v) is 2.88. The monoisotopic (exact) mass is 344 g/mol. The molecule has 0 fully saturated rings. The van der Waals surface area contributed by atoms with E-state index >= 15 is 0 Å². The van der Waals surface area contributed by atoms with Crippen molar-refractivity contribution in [3.05, 3.63) is 58.2 Å². The van der Waals surface area contributed by atoms with Gasteiger partial charge in [0.05, 0.1) is 0 Å². The van der Waals surface area contributed by atoms with Crippen LogP contribution in [0.1, 0.15) is 0 Å². The summed E-state index contributed by atoms with van der Waals surface area (Å²) in [6.45, 7) is 0. The second-order valence-corrected chi connectivity index (χ2v) is 4.68. The number of pyridine rings is 1. The van der Waals surface area contributed by atoms with Crippen LogP contribution in [0.4, 0.5) is 10.1 Å². The van der Waals surface area contributed by atoms with Gasteiger partial charge in [0.1, 0.15) is 5.82 Å². The molecule has 0 aliphatic carbocycles. The number of hydrogen-bond acceptors (Lipinski definition) is 2. The quantitative estimate of drug-likeness (QED) is 0.736. The SMILES string of the molecule is CN(C)c1ccncc1.Fc1ccccc1I. The highest BCUT2D eigenvalue weighted by Gasteiger charge is 1.90. The van der Waals surface area contributed by atoms with Crippen LogP contribution in [0.5, 0.6) is 0 Å². The van der Waals surface area contributed by atoms with Gasteiger partial charge in [0, 0.05) is 35.7 Å². The van der Waals surface area contributed by atoms with Gasteiger partial charge in [0.2, 0.25) is 0 Å². The Balaban J connectivity index is 0.000000171. The lowest BCUT2D eigenvalue weighted by Crippen LogP contribution is -2.07. The predicted molar refractivity (Wildman–Crippen MR) is 77.7 cm³/mol. The Bertz CT molecular complexity index is 425. The molecule has 0 N–H and O–H groups in total. The summed E-state index contributed by atoms with van der Waals surface area (Å²) in [5.41, 5.74) is 1.19. The first-order valence-corrected chi connectivity index (χ1v) is 6.16. The highest BCUT2D eigenvalue weighted by molar-refractivity contribution is 14.1. The van der Waals surface area contributed by atoms with Crippen molar-refractivity contribution < 1.29 is 4.39 Å². The van der Waals surface area contributed by atoms with Gasteiger partial charge in [-0.15, -0.1) is 0 Å². The van der Waals surface area contributed by atoms with E-state index < -0.39 is 0 Å². The van der Waals surface area contributed by atoms with Gasteiger partial charge in [-0.3, -0.25) is 4.98 Å². The third kappa shape index (κ3) is 5.12. The molecular weight excluding hydrogens is 330 g/mol. The van der Waals surface area contributed by atoms with Gasteiger partial charge in [-0.1, -0.05) is 12.1 Å². The molecule has 1 aromatic heterocycles. The first kappa shape index (κ1) is 13.9. The van der Waals surface area contributed by atoms with Crippen molar-refractivity contribution in [3.63, 3.8) is 0 Å². The standard InChI is InChI=1S/C7H10N2.C6H4FI/c1-9(2)7-3-5-8-6-4-7;7-5-3-1-2-4-6(5)8/h3-6H,1-2H3;1-4H. The second kappa shape index (κ2) is 7.21. The largest absolute Gasteiger partial charge is 0.378 e. The number of hydrogen-bond donors (Lipinski definition) is 0.